The highest BCUT2D eigenvalue weighted by molar-refractivity contribution is 6.27. The third kappa shape index (κ3) is 3.24. The van der Waals surface area contributed by atoms with Crippen LogP contribution in [0.5, 0.6) is 0 Å². The molecule has 0 spiro atoms. The second-order valence-corrected chi connectivity index (χ2v) is 3.66. The van der Waals surface area contributed by atoms with Crippen molar-refractivity contribution >= 4 is 23.6 Å². The topological polar surface area (TPSA) is 89.9 Å². The Balaban J connectivity index is 2.53. The van der Waals surface area contributed by atoms with Gasteiger partial charge in [-0.2, -0.15) is 0 Å². The van der Waals surface area contributed by atoms with E-state index in [1.807, 2.05) is 0 Å². The molecule has 15 heavy (non-hydrogen) atoms. The molecule has 1 heterocycles. The first-order valence-electron chi connectivity index (χ1n) is 4.56. The van der Waals surface area contributed by atoms with Gasteiger partial charge in [-0.1, -0.05) is 0 Å². The molecule has 86 valence electrons. The predicted octanol–water partition coefficient (Wildman–Crippen LogP) is -0.545. The number of rotatable bonds is 2. The third-order valence-corrected chi connectivity index (χ3v) is 2.56. The summed E-state index contributed by atoms with van der Waals surface area (Å²) in [5, 5.41) is 20.8. The summed E-state index contributed by atoms with van der Waals surface area (Å²) in [5.74, 6) is -0.607. The van der Waals surface area contributed by atoms with Gasteiger partial charge in [0.1, 0.15) is 5.88 Å². The zero-order valence-electron chi connectivity index (χ0n) is 8.02. The zero-order valence-corrected chi connectivity index (χ0v) is 8.78. The quantitative estimate of drug-likeness (QED) is 0.562. The van der Waals surface area contributed by atoms with Crippen molar-refractivity contribution in [2.45, 2.75) is 18.6 Å². The minimum atomic E-state index is -1.05. The number of piperidine rings is 1. The number of hydrogen-bond acceptors (Lipinski definition) is 3. The molecular weight excluding hydrogens is 224 g/mol. The van der Waals surface area contributed by atoms with Crippen LogP contribution >= 0.6 is 11.6 Å². The number of carbonyl (C=O) groups excluding carboxylic acids is 1. The van der Waals surface area contributed by atoms with Gasteiger partial charge in [-0.25, -0.2) is 4.79 Å². The van der Waals surface area contributed by atoms with Crippen LogP contribution in [0.3, 0.4) is 0 Å². The number of carboxylic acid groups (broad SMARTS) is 1. The average molecular weight is 237 g/mol. The number of alkyl halides is 1. The van der Waals surface area contributed by atoms with E-state index in [2.05, 4.69) is 5.32 Å². The van der Waals surface area contributed by atoms with Crippen LogP contribution in [-0.2, 0) is 4.79 Å². The Morgan fingerprint density at radius 3 is 2.73 bits per heavy atom. The standard InChI is InChI=1S/C8H13ClN2O4/c9-3-7(13)10-5-4-11(8(14)15)2-1-6(5)12/h5-6,12H,1-4H2,(H,10,13)(H,14,15)/t5-,6-/m1/s1. The molecule has 0 saturated carbocycles. The molecule has 6 nitrogen and oxygen atoms in total. The molecule has 0 aromatic heterocycles. The molecule has 0 bridgehead atoms. The zero-order chi connectivity index (χ0) is 11.4. The summed E-state index contributed by atoms with van der Waals surface area (Å²) in [6.07, 6.45) is -1.45. The minimum absolute atomic E-state index is 0.0964. The van der Waals surface area contributed by atoms with Crippen LogP contribution in [0.1, 0.15) is 6.42 Å². The summed E-state index contributed by atoms with van der Waals surface area (Å²) in [5.41, 5.74) is 0. The van der Waals surface area contributed by atoms with Gasteiger partial charge in [0.15, 0.2) is 0 Å². The smallest absolute Gasteiger partial charge is 0.407 e. The fourth-order valence-electron chi connectivity index (χ4n) is 1.50. The molecule has 1 rings (SSSR count). The first kappa shape index (κ1) is 12.1. The van der Waals surface area contributed by atoms with E-state index in [4.69, 9.17) is 16.7 Å². The van der Waals surface area contributed by atoms with Crippen molar-refractivity contribution in [1.82, 2.24) is 10.2 Å². The lowest BCUT2D eigenvalue weighted by Gasteiger charge is -2.34. The molecule has 0 unspecified atom stereocenters. The van der Waals surface area contributed by atoms with Gasteiger partial charge in [-0.15, -0.1) is 11.6 Å². The van der Waals surface area contributed by atoms with Gasteiger partial charge in [0.2, 0.25) is 5.91 Å². The van der Waals surface area contributed by atoms with Crippen LogP contribution in [0, 0.1) is 0 Å². The first-order valence-corrected chi connectivity index (χ1v) is 5.09. The van der Waals surface area contributed by atoms with E-state index in [0.717, 1.165) is 4.90 Å². The molecule has 3 N–H and O–H groups in total. The van der Waals surface area contributed by atoms with Gasteiger partial charge in [0.25, 0.3) is 0 Å². The maximum absolute atomic E-state index is 11.0. The highest BCUT2D eigenvalue weighted by atomic mass is 35.5. The molecule has 0 aromatic rings. The Bertz CT molecular complexity index is 261. The van der Waals surface area contributed by atoms with Crippen LogP contribution in [0.4, 0.5) is 4.79 Å². The molecule has 1 fully saturated rings. The molecule has 1 saturated heterocycles. The molecule has 0 aliphatic carbocycles. The monoisotopic (exact) mass is 236 g/mol. The van der Waals surface area contributed by atoms with Crippen LogP contribution in [0.15, 0.2) is 0 Å². The molecule has 7 heteroatoms. The van der Waals surface area contributed by atoms with Gasteiger partial charge < -0.3 is 20.4 Å². The second kappa shape index (κ2) is 5.18. The third-order valence-electron chi connectivity index (χ3n) is 2.31. The van der Waals surface area contributed by atoms with Gasteiger partial charge in [0.05, 0.1) is 12.1 Å². The van der Waals surface area contributed by atoms with E-state index in [9.17, 15) is 14.7 Å². The normalized spacial score (nSPS) is 26.1. The lowest BCUT2D eigenvalue weighted by Crippen LogP contribution is -2.56. The van der Waals surface area contributed by atoms with E-state index in [0.29, 0.717) is 6.42 Å². The van der Waals surface area contributed by atoms with Crippen molar-refractivity contribution in [3.63, 3.8) is 0 Å². The number of carbonyl (C=O) groups is 2. The second-order valence-electron chi connectivity index (χ2n) is 3.39. The Morgan fingerprint density at radius 2 is 2.20 bits per heavy atom. The largest absolute Gasteiger partial charge is 0.465 e. The van der Waals surface area contributed by atoms with Crippen LogP contribution in [0.25, 0.3) is 0 Å². The molecule has 1 aliphatic heterocycles. The van der Waals surface area contributed by atoms with Crippen molar-refractivity contribution < 1.29 is 19.8 Å². The summed E-state index contributed by atoms with van der Waals surface area (Å²) < 4.78 is 0. The Labute approximate surface area is 91.8 Å². The number of halogens is 1. The van der Waals surface area contributed by atoms with Crippen LogP contribution < -0.4 is 5.32 Å². The van der Waals surface area contributed by atoms with E-state index >= 15 is 0 Å². The van der Waals surface area contributed by atoms with E-state index in [1.165, 1.54) is 0 Å². The fourth-order valence-corrected chi connectivity index (χ4v) is 1.58. The first-order chi connectivity index (χ1) is 7.04. The highest BCUT2D eigenvalue weighted by Gasteiger charge is 2.30. The number of likely N-dealkylation sites (tertiary alicyclic amines) is 1. The fraction of sp³-hybridized carbons (Fsp3) is 0.750. The molecule has 0 radical (unpaired) electrons. The van der Waals surface area contributed by atoms with E-state index in [1.54, 1.807) is 0 Å². The Kier molecular flexibility index (Phi) is 4.16. The van der Waals surface area contributed by atoms with Crippen LogP contribution in [-0.4, -0.2) is 58.2 Å². The number of nitrogens with zero attached hydrogens (tertiary/aromatic N) is 1. The summed E-state index contributed by atoms with van der Waals surface area (Å²) in [6, 6.07) is -0.568. The lowest BCUT2D eigenvalue weighted by atomic mass is 10.0. The van der Waals surface area contributed by atoms with Crippen molar-refractivity contribution in [3.8, 4) is 0 Å². The summed E-state index contributed by atoms with van der Waals surface area (Å²) >= 11 is 5.29. The highest BCUT2D eigenvalue weighted by Crippen LogP contribution is 2.11. The Hall–Kier alpha value is -1.01. The SMILES string of the molecule is O=C(CCl)N[C@@H]1CN(C(=O)O)CC[C@H]1O. The number of nitrogens with one attached hydrogen (secondary N) is 1. The lowest BCUT2D eigenvalue weighted by molar-refractivity contribution is -0.120. The summed E-state index contributed by atoms with van der Waals surface area (Å²) in [7, 11) is 0. The average Bonchev–Trinajstić information content (AvgIpc) is 2.20. The van der Waals surface area contributed by atoms with Gasteiger partial charge in [-0.3, -0.25) is 4.79 Å². The van der Waals surface area contributed by atoms with Gasteiger partial charge in [0, 0.05) is 13.1 Å². The molecule has 2 amide bonds. The van der Waals surface area contributed by atoms with Gasteiger partial charge >= 0.3 is 6.09 Å². The van der Waals surface area contributed by atoms with Crippen molar-refractivity contribution in [2.24, 2.45) is 0 Å². The van der Waals surface area contributed by atoms with E-state index in [-0.39, 0.29) is 19.0 Å². The number of aliphatic hydroxyl groups excluding tert-OH is 1. The molecule has 1 aliphatic rings. The Morgan fingerprint density at radius 1 is 1.53 bits per heavy atom. The minimum Gasteiger partial charge on any atom is -0.465 e. The summed E-state index contributed by atoms with van der Waals surface area (Å²) in [6.45, 7) is 0.378. The van der Waals surface area contributed by atoms with Gasteiger partial charge in [-0.05, 0) is 6.42 Å². The maximum atomic E-state index is 11.0. The number of aliphatic hydroxyl groups is 1. The number of amides is 2. The molecular formula is C8H13ClN2O4. The maximum Gasteiger partial charge on any atom is 0.407 e. The van der Waals surface area contributed by atoms with Crippen molar-refractivity contribution in [1.29, 1.82) is 0 Å². The van der Waals surface area contributed by atoms with Crippen molar-refractivity contribution in [2.75, 3.05) is 19.0 Å². The van der Waals surface area contributed by atoms with Crippen molar-refractivity contribution in [3.05, 3.63) is 0 Å². The molecule has 0 aromatic carbocycles. The van der Waals surface area contributed by atoms with E-state index < -0.39 is 24.1 Å². The predicted molar refractivity (Wildman–Crippen MR) is 52.9 cm³/mol. The summed E-state index contributed by atoms with van der Waals surface area (Å²) in [4.78, 5) is 22.8. The number of hydrogen-bond donors (Lipinski definition) is 3. The van der Waals surface area contributed by atoms with Crippen LogP contribution in [0.2, 0.25) is 0 Å². The molecule has 2 atom stereocenters.